The van der Waals surface area contributed by atoms with Gasteiger partial charge in [0.15, 0.2) is 0 Å². The van der Waals surface area contributed by atoms with Crippen molar-refractivity contribution in [3.05, 3.63) is 22.4 Å². The van der Waals surface area contributed by atoms with E-state index in [9.17, 15) is 9.59 Å². The number of carbonyl (C=O) groups excluding carboxylic acids is 2. The lowest BCUT2D eigenvalue weighted by atomic mass is 10.1. The zero-order chi connectivity index (χ0) is 15.0. The molecule has 0 spiro atoms. The first-order valence-electron chi connectivity index (χ1n) is 6.77. The second-order valence-corrected chi connectivity index (χ2v) is 5.64. The van der Waals surface area contributed by atoms with Gasteiger partial charge in [-0.2, -0.15) is 0 Å². The summed E-state index contributed by atoms with van der Waals surface area (Å²) in [4.78, 5) is 24.2. The number of hydrogen-bond donors (Lipinski definition) is 3. The number of amides is 2. The second kappa shape index (κ2) is 8.71. The molecule has 2 amide bonds. The Morgan fingerprint density at radius 1 is 1.40 bits per heavy atom. The van der Waals surface area contributed by atoms with E-state index < -0.39 is 0 Å². The maximum Gasteiger partial charge on any atom is 0.222 e. The Bertz CT molecular complexity index is 420. The van der Waals surface area contributed by atoms with Gasteiger partial charge in [0, 0.05) is 24.4 Å². The maximum absolute atomic E-state index is 12.0. The molecule has 6 heteroatoms. The van der Waals surface area contributed by atoms with Gasteiger partial charge in [-0.1, -0.05) is 13.0 Å². The molecule has 0 bridgehead atoms. The molecule has 20 heavy (non-hydrogen) atoms. The number of aliphatic hydroxyl groups is 1. The largest absolute Gasteiger partial charge is 0.396 e. The predicted molar refractivity (Wildman–Crippen MR) is 79.4 cm³/mol. The van der Waals surface area contributed by atoms with Crippen molar-refractivity contribution in [3.63, 3.8) is 0 Å². The third-order valence-electron chi connectivity index (χ3n) is 2.99. The fourth-order valence-corrected chi connectivity index (χ4v) is 2.74. The molecular formula is C14H22N2O3S. The molecule has 5 nitrogen and oxygen atoms in total. The van der Waals surface area contributed by atoms with E-state index in [0.717, 1.165) is 11.3 Å². The molecule has 0 aromatic carbocycles. The van der Waals surface area contributed by atoms with Gasteiger partial charge >= 0.3 is 0 Å². The van der Waals surface area contributed by atoms with E-state index >= 15 is 0 Å². The zero-order valence-electron chi connectivity index (χ0n) is 11.9. The SMILES string of the molecule is CCC(CCO)NC(=O)CC(NC(C)=O)c1cccs1. The maximum atomic E-state index is 12.0. The van der Waals surface area contributed by atoms with Gasteiger partial charge in [-0.15, -0.1) is 11.3 Å². The molecule has 0 aliphatic rings. The summed E-state index contributed by atoms with van der Waals surface area (Å²) in [5, 5.41) is 16.5. The molecule has 0 fully saturated rings. The molecule has 0 saturated carbocycles. The van der Waals surface area contributed by atoms with Crippen molar-refractivity contribution in [1.82, 2.24) is 10.6 Å². The Morgan fingerprint density at radius 3 is 2.65 bits per heavy atom. The predicted octanol–water partition coefficient (Wildman–Crippen LogP) is 1.59. The Kier molecular flexibility index (Phi) is 7.25. The van der Waals surface area contributed by atoms with Gasteiger partial charge < -0.3 is 15.7 Å². The summed E-state index contributed by atoms with van der Waals surface area (Å²) >= 11 is 1.52. The molecule has 2 unspecified atom stereocenters. The minimum absolute atomic E-state index is 0.0196. The average molecular weight is 298 g/mol. The zero-order valence-corrected chi connectivity index (χ0v) is 12.7. The molecule has 2 atom stereocenters. The molecule has 0 radical (unpaired) electrons. The van der Waals surface area contributed by atoms with E-state index in [1.54, 1.807) is 0 Å². The minimum Gasteiger partial charge on any atom is -0.396 e. The number of nitrogens with one attached hydrogen (secondary N) is 2. The lowest BCUT2D eigenvalue weighted by Gasteiger charge is -2.19. The van der Waals surface area contributed by atoms with E-state index in [1.807, 2.05) is 24.4 Å². The third kappa shape index (κ3) is 5.71. The van der Waals surface area contributed by atoms with Crippen LogP contribution in [0.4, 0.5) is 0 Å². The van der Waals surface area contributed by atoms with Crippen LogP contribution in [0.2, 0.25) is 0 Å². The van der Waals surface area contributed by atoms with Crippen LogP contribution >= 0.6 is 11.3 Å². The van der Waals surface area contributed by atoms with Gasteiger partial charge in [0.25, 0.3) is 0 Å². The van der Waals surface area contributed by atoms with Crippen LogP contribution in [-0.2, 0) is 9.59 Å². The van der Waals surface area contributed by atoms with Gasteiger partial charge in [0.2, 0.25) is 11.8 Å². The number of hydrogen-bond acceptors (Lipinski definition) is 4. The molecule has 112 valence electrons. The van der Waals surface area contributed by atoms with Crippen molar-refractivity contribution in [2.45, 2.75) is 45.2 Å². The molecule has 0 aliphatic heterocycles. The lowest BCUT2D eigenvalue weighted by molar-refractivity contribution is -0.123. The van der Waals surface area contributed by atoms with Crippen molar-refractivity contribution in [2.24, 2.45) is 0 Å². The molecule has 1 heterocycles. The molecule has 1 rings (SSSR count). The molecule has 0 saturated heterocycles. The minimum atomic E-state index is -0.292. The summed E-state index contributed by atoms with van der Waals surface area (Å²) in [6.07, 6.45) is 1.53. The quantitative estimate of drug-likeness (QED) is 0.682. The van der Waals surface area contributed by atoms with Gasteiger partial charge in [-0.25, -0.2) is 0 Å². The first-order chi connectivity index (χ1) is 9.56. The summed E-state index contributed by atoms with van der Waals surface area (Å²) in [5.74, 6) is -0.268. The molecule has 1 aromatic heterocycles. The Morgan fingerprint density at radius 2 is 2.15 bits per heavy atom. The van der Waals surface area contributed by atoms with Crippen molar-refractivity contribution in [1.29, 1.82) is 0 Å². The molecule has 0 aliphatic carbocycles. The van der Waals surface area contributed by atoms with Crippen LogP contribution in [0.1, 0.15) is 44.0 Å². The molecule has 1 aromatic rings. The Labute approximate surface area is 123 Å². The summed E-state index contributed by atoms with van der Waals surface area (Å²) in [6, 6.07) is 3.49. The van der Waals surface area contributed by atoms with Crippen molar-refractivity contribution < 1.29 is 14.7 Å². The van der Waals surface area contributed by atoms with Crippen LogP contribution < -0.4 is 10.6 Å². The van der Waals surface area contributed by atoms with Gasteiger partial charge in [-0.3, -0.25) is 9.59 Å². The Balaban J connectivity index is 2.60. The van der Waals surface area contributed by atoms with Crippen LogP contribution in [-0.4, -0.2) is 29.6 Å². The van der Waals surface area contributed by atoms with Crippen molar-refractivity contribution >= 4 is 23.2 Å². The van der Waals surface area contributed by atoms with Crippen LogP contribution in [0, 0.1) is 0 Å². The van der Waals surface area contributed by atoms with E-state index in [-0.39, 0.29) is 36.9 Å². The van der Waals surface area contributed by atoms with Crippen molar-refractivity contribution in [2.75, 3.05) is 6.61 Å². The van der Waals surface area contributed by atoms with Crippen LogP contribution in [0.15, 0.2) is 17.5 Å². The lowest BCUT2D eigenvalue weighted by Crippen LogP contribution is -2.38. The molecule has 3 N–H and O–H groups in total. The van der Waals surface area contributed by atoms with Crippen molar-refractivity contribution in [3.8, 4) is 0 Å². The first-order valence-corrected chi connectivity index (χ1v) is 7.65. The summed E-state index contributed by atoms with van der Waals surface area (Å²) in [7, 11) is 0. The van der Waals surface area contributed by atoms with Gasteiger partial charge in [0.1, 0.15) is 0 Å². The van der Waals surface area contributed by atoms with Gasteiger partial charge in [0.05, 0.1) is 12.5 Å². The van der Waals surface area contributed by atoms with Crippen LogP contribution in [0.25, 0.3) is 0 Å². The fraction of sp³-hybridized carbons (Fsp3) is 0.571. The van der Waals surface area contributed by atoms with E-state index in [1.165, 1.54) is 18.3 Å². The highest BCUT2D eigenvalue weighted by atomic mass is 32.1. The summed E-state index contributed by atoms with van der Waals surface area (Å²) < 4.78 is 0. The summed E-state index contributed by atoms with van der Waals surface area (Å²) in [6.45, 7) is 3.46. The first kappa shape index (κ1) is 16.7. The monoisotopic (exact) mass is 298 g/mol. The van der Waals surface area contributed by atoms with E-state index in [0.29, 0.717) is 6.42 Å². The number of aliphatic hydroxyl groups excluding tert-OH is 1. The summed E-state index contributed by atoms with van der Waals surface area (Å²) in [5.41, 5.74) is 0. The fourth-order valence-electron chi connectivity index (χ4n) is 1.96. The van der Waals surface area contributed by atoms with E-state index in [2.05, 4.69) is 10.6 Å². The van der Waals surface area contributed by atoms with E-state index in [4.69, 9.17) is 5.11 Å². The highest BCUT2D eigenvalue weighted by Gasteiger charge is 2.19. The number of thiophene rings is 1. The highest BCUT2D eigenvalue weighted by molar-refractivity contribution is 7.10. The number of carbonyl (C=O) groups is 2. The second-order valence-electron chi connectivity index (χ2n) is 4.66. The Hall–Kier alpha value is -1.40. The third-order valence-corrected chi connectivity index (χ3v) is 3.98. The highest BCUT2D eigenvalue weighted by Crippen LogP contribution is 2.22. The van der Waals surface area contributed by atoms with Gasteiger partial charge in [-0.05, 0) is 24.3 Å². The molecular weight excluding hydrogens is 276 g/mol. The standard InChI is InChI=1S/C14H22N2O3S/c1-3-11(6-7-17)16-14(19)9-12(15-10(2)18)13-5-4-8-20-13/h4-5,8,11-12,17H,3,6-7,9H2,1-2H3,(H,15,18)(H,16,19). The normalized spacial score (nSPS) is 13.6. The topological polar surface area (TPSA) is 78.4 Å². The van der Waals surface area contributed by atoms with Crippen LogP contribution in [0.3, 0.4) is 0 Å². The average Bonchev–Trinajstić information content (AvgIpc) is 2.90. The van der Waals surface area contributed by atoms with Crippen LogP contribution in [0.5, 0.6) is 0 Å². The number of rotatable bonds is 8. The smallest absolute Gasteiger partial charge is 0.222 e.